The van der Waals surface area contributed by atoms with Crippen LogP contribution in [0.25, 0.3) is 0 Å². The van der Waals surface area contributed by atoms with Crippen LogP contribution in [0.1, 0.15) is 20.3 Å². The van der Waals surface area contributed by atoms with Crippen molar-refractivity contribution in [1.82, 2.24) is 14.8 Å². The molecule has 0 aromatic carbocycles. The van der Waals surface area contributed by atoms with E-state index in [0.29, 0.717) is 5.75 Å². The van der Waals surface area contributed by atoms with Gasteiger partial charge < -0.3 is 5.11 Å². The number of hydrogen-bond acceptors (Lipinski definition) is 4. The molecule has 0 spiro atoms. The summed E-state index contributed by atoms with van der Waals surface area (Å²) in [5.74, 6) is 0.649. The fourth-order valence-corrected chi connectivity index (χ4v) is 1.74. The van der Waals surface area contributed by atoms with Gasteiger partial charge in [0.05, 0.1) is 5.60 Å². The molecular formula is C8H15N3OS. The summed E-state index contributed by atoms with van der Waals surface area (Å²) in [7, 11) is 1.84. The second-order valence-corrected chi connectivity index (χ2v) is 4.25. The minimum absolute atomic E-state index is 0.614. The number of aryl methyl sites for hydroxylation is 1. The maximum Gasteiger partial charge on any atom is 0.185 e. The van der Waals surface area contributed by atoms with E-state index >= 15 is 0 Å². The van der Waals surface area contributed by atoms with E-state index in [2.05, 4.69) is 10.1 Å². The van der Waals surface area contributed by atoms with Crippen LogP contribution in [0.5, 0.6) is 0 Å². The Morgan fingerprint density at radius 3 is 2.85 bits per heavy atom. The number of aliphatic hydroxyl groups is 1. The van der Waals surface area contributed by atoms with E-state index in [-0.39, 0.29) is 0 Å². The first kappa shape index (κ1) is 10.5. The molecule has 0 radical (unpaired) electrons. The van der Waals surface area contributed by atoms with Crippen molar-refractivity contribution in [1.29, 1.82) is 0 Å². The molecule has 0 fully saturated rings. The molecule has 1 N–H and O–H groups in total. The second kappa shape index (κ2) is 4.11. The van der Waals surface area contributed by atoms with Crippen molar-refractivity contribution >= 4 is 11.8 Å². The molecule has 1 unspecified atom stereocenters. The molecule has 1 heterocycles. The van der Waals surface area contributed by atoms with Crippen LogP contribution in [0.2, 0.25) is 0 Å². The highest BCUT2D eigenvalue weighted by molar-refractivity contribution is 7.99. The minimum atomic E-state index is -0.614. The molecule has 13 heavy (non-hydrogen) atoms. The van der Waals surface area contributed by atoms with Gasteiger partial charge in [0.2, 0.25) is 0 Å². The molecule has 0 aliphatic rings. The van der Waals surface area contributed by atoms with E-state index in [4.69, 9.17) is 0 Å². The van der Waals surface area contributed by atoms with Gasteiger partial charge in [-0.05, 0) is 13.3 Å². The first-order valence-electron chi connectivity index (χ1n) is 4.24. The lowest BCUT2D eigenvalue weighted by Crippen LogP contribution is -2.26. The Hall–Kier alpha value is -0.550. The van der Waals surface area contributed by atoms with Crippen molar-refractivity contribution in [3.63, 3.8) is 0 Å². The lowest BCUT2D eigenvalue weighted by Gasteiger charge is -2.19. The first-order valence-corrected chi connectivity index (χ1v) is 5.23. The molecule has 0 amide bonds. The summed E-state index contributed by atoms with van der Waals surface area (Å²) in [6.07, 6.45) is 2.26. The Bertz CT molecular complexity index is 272. The minimum Gasteiger partial charge on any atom is -0.389 e. The van der Waals surface area contributed by atoms with Gasteiger partial charge in [0.25, 0.3) is 0 Å². The van der Waals surface area contributed by atoms with Crippen molar-refractivity contribution in [2.45, 2.75) is 31.0 Å². The summed E-state index contributed by atoms with van der Waals surface area (Å²) in [5, 5.41) is 14.5. The zero-order chi connectivity index (χ0) is 9.90. The van der Waals surface area contributed by atoms with E-state index in [9.17, 15) is 5.11 Å². The van der Waals surface area contributed by atoms with E-state index in [1.165, 1.54) is 18.1 Å². The number of hydrogen-bond donors (Lipinski definition) is 1. The predicted molar refractivity (Wildman–Crippen MR) is 52.6 cm³/mol. The van der Waals surface area contributed by atoms with Gasteiger partial charge in [-0.2, -0.15) is 5.10 Å². The fraction of sp³-hybridized carbons (Fsp3) is 0.750. The number of rotatable bonds is 4. The van der Waals surface area contributed by atoms with Gasteiger partial charge in [-0.3, -0.25) is 0 Å². The average molecular weight is 201 g/mol. The third-order valence-electron chi connectivity index (χ3n) is 1.94. The molecule has 0 bridgehead atoms. The van der Waals surface area contributed by atoms with Crippen LogP contribution in [0.3, 0.4) is 0 Å². The van der Waals surface area contributed by atoms with Gasteiger partial charge in [-0.15, -0.1) is 0 Å². The van der Waals surface area contributed by atoms with Gasteiger partial charge in [-0.1, -0.05) is 18.7 Å². The van der Waals surface area contributed by atoms with E-state index < -0.39 is 5.60 Å². The third kappa shape index (κ3) is 3.00. The Morgan fingerprint density at radius 1 is 1.69 bits per heavy atom. The quantitative estimate of drug-likeness (QED) is 0.740. The molecular weight excluding hydrogens is 186 g/mol. The standard InChI is InChI=1S/C8H15N3OS/c1-4-8(2,12)5-13-7-9-6-10-11(7)3/h6,12H,4-5H2,1-3H3. The molecule has 74 valence electrons. The second-order valence-electron chi connectivity index (χ2n) is 3.31. The first-order chi connectivity index (χ1) is 6.05. The van der Waals surface area contributed by atoms with Crippen LogP contribution in [-0.4, -0.2) is 31.2 Å². The third-order valence-corrected chi connectivity index (χ3v) is 3.34. The van der Waals surface area contributed by atoms with Crippen molar-refractivity contribution in [3.8, 4) is 0 Å². The summed E-state index contributed by atoms with van der Waals surface area (Å²) in [5.41, 5.74) is -0.614. The molecule has 0 aliphatic heterocycles. The lowest BCUT2D eigenvalue weighted by atomic mass is 10.1. The predicted octanol–water partition coefficient (Wildman–Crippen LogP) is 1.07. The zero-order valence-electron chi connectivity index (χ0n) is 8.19. The van der Waals surface area contributed by atoms with Gasteiger partial charge in [0, 0.05) is 12.8 Å². The zero-order valence-corrected chi connectivity index (χ0v) is 9.01. The monoisotopic (exact) mass is 201 g/mol. The maximum atomic E-state index is 9.73. The van der Waals surface area contributed by atoms with Crippen LogP contribution in [0.4, 0.5) is 0 Å². The molecule has 1 atom stereocenters. The topological polar surface area (TPSA) is 50.9 Å². The van der Waals surface area contributed by atoms with Crippen LogP contribution >= 0.6 is 11.8 Å². The molecule has 0 aliphatic carbocycles. The lowest BCUT2D eigenvalue weighted by molar-refractivity contribution is 0.0815. The largest absolute Gasteiger partial charge is 0.389 e. The molecule has 1 rings (SSSR count). The molecule has 1 aromatic heterocycles. The van der Waals surface area contributed by atoms with Crippen molar-refractivity contribution in [3.05, 3.63) is 6.33 Å². The van der Waals surface area contributed by atoms with Crippen LogP contribution in [-0.2, 0) is 7.05 Å². The van der Waals surface area contributed by atoms with Gasteiger partial charge in [0.1, 0.15) is 6.33 Å². The van der Waals surface area contributed by atoms with E-state index in [1.54, 1.807) is 4.68 Å². The molecule has 5 heteroatoms. The smallest absolute Gasteiger partial charge is 0.185 e. The highest BCUT2D eigenvalue weighted by Crippen LogP contribution is 2.21. The number of aromatic nitrogens is 3. The molecule has 0 saturated heterocycles. The molecule has 4 nitrogen and oxygen atoms in total. The summed E-state index contributed by atoms with van der Waals surface area (Å²) in [6.45, 7) is 3.80. The van der Waals surface area contributed by atoms with Crippen LogP contribution < -0.4 is 0 Å². The van der Waals surface area contributed by atoms with Gasteiger partial charge in [-0.25, -0.2) is 9.67 Å². The van der Waals surface area contributed by atoms with Crippen LogP contribution in [0.15, 0.2) is 11.5 Å². The molecule has 0 saturated carbocycles. The summed E-state index contributed by atoms with van der Waals surface area (Å²) >= 11 is 1.52. The van der Waals surface area contributed by atoms with E-state index in [1.807, 2.05) is 20.9 Å². The number of nitrogens with zero attached hydrogens (tertiary/aromatic N) is 3. The summed E-state index contributed by atoms with van der Waals surface area (Å²) in [4.78, 5) is 4.06. The summed E-state index contributed by atoms with van der Waals surface area (Å²) < 4.78 is 1.70. The van der Waals surface area contributed by atoms with Gasteiger partial charge in [0.15, 0.2) is 5.16 Å². The number of thioether (sulfide) groups is 1. The highest BCUT2D eigenvalue weighted by atomic mass is 32.2. The fourth-order valence-electron chi connectivity index (χ4n) is 0.738. The Kier molecular flexibility index (Phi) is 3.33. The Labute approximate surface area is 82.4 Å². The van der Waals surface area contributed by atoms with Crippen molar-refractivity contribution < 1.29 is 5.11 Å². The Morgan fingerprint density at radius 2 is 2.38 bits per heavy atom. The van der Waals surface area contributed by atoms with Crippen molar-refractivity contribution in [2.24, 2.45) is 7.05 Å². The van der Waals surface area contributed by atoms with Crippen molar-refractivity contribution in [2.75, 3.05) is 5.75 Å². The van der Waals surface area contributed by atoms with E-state index in [0.717, 1.165) is 11.6 Å². The molecule has 1 aromatic rings. The summed E-state index contributed by atoms with van der Waals surface area (Å²) in [6, 6.07) is 0. The normalized spacial score (nSPS) is 15.7. The van der Waals surface area contributed by atoms with Gasteiger partial charge >= 0.3 is 0 Å². The Balaban J connectivity index is 2.48. The maximum absolute atomic E-state index is 9.73. The SMILES string of the molecule is CCC(C)(O)CSc1ncnn1C. The van der Waals surface area contributed by atoms with Crippen LogP contribution in [0, 0.1) is 0 Å². The highest BCUT2D eigenvalue weighted by Gasteiger charge is 2.18. The average Bonchev–Trinajstić information content (AvgIpc) is 2.48.